The maximum absolute atomic E-state index is 6.09. The van der Waals surface area contributed by atoms with Crippen molar-refractivity contribution in [3.63, 3.8) is 0 Å². The van der Waals surface area contributed by atoms with Crippen LogP contribution in [0.2, 0.25) is 5.02 Å². The molecule has 0 amide bonds. The molecule has 106 valence electrons. The molecule has 0 aliphatic carbocycles. The Morgan fingerprint density at radius 3 is 2.50 bits per heavy atom. The molecule has 2 N–H and O–H groups in total. The van der Waals surface area contributed by atoms with Gasteiger partial charge >= 0.3 is 0 Å². The van der Waals surface area contributed by atoms with Gasteiger partial charge in [-0.05, 0) is 43.1 Å². The van der Waals surface area contributed by atoms with Crippen LogP contribution in [0.5, 0.6) is 0 Å². The minimum Gasteiger partial charge on any atom is -0.384 e. The van der Waals surface area contributed by atoms with E-state index in [1.165, 1.54) is 5.56 Å². The number of anilines is 1. The molecule has 0 bridgehead atoms. The molecule has 0 saturated heterocycles. The van der Waals surface area contributed by atoms with Crippen molar-refractivity contribution in [2.45, 2.75) is 13.3 Å². The molecule has 3 heteroatoms. The van der Waals surface area contributed by atoms with E-state index in [4.69, 9.17) is 11.6 Å². The molecule has 0 aromatic heterocycles. The van der Waals surface area contributed by atoms with Gasteiger partial charge in [-0.25, -0.2) is 0 Å². The molecular weight excluding hydrogens is 268 g/mol. The smallest absolute Gasteiger partial charge is 0.0455 e. The lowest BCUT2D eigenvalue weighted by Gasteiger charge is -2.11. The van der Waals surface area contributed by atoms with Crippen molar-refractivity contribution >= 4 is 17.3 Å². The van der Waals surface area contributed by atoms with Crippen molar-refractivity contribution in [3.8, 4) is 0 Å². The van der Waals surface area contributed by atoms with Crippen LogP contribution in [0, 0.1) is 6.92 Å². The van der Waals surface area contributed by atoms with E-state index < -0.39 is 0 Å². The molecule has 2 aromatic carbocycles. The first-order chi connectivity index (χ1) is 9.77. The van der Waals surface area contributed by atoms with E-state index in [0.717, 1.165) is 42.3 Å². The van der Waals surface area contributed by atoms with Crippen molar-refractivity contribution in [1.82, 2.24) is 5.32 Å². The third-order valence-electron chi connectivity index (χ3n) is 3.32. The van der Waals surface area contributed by atoms with E-state index in [-0.39, 0.29) is 0 Å². The summed E-state index contributed by atoms with van der Waals surface area (Å²) in [5, 5.41) is 7.66. The quantitative estimate of drug-likeness (QED) is 0.755. The Morgan fingerprint density at radius 1 is 0.900 bits per heavy atom. The van der Waals surface area contributed by atoms with Gasteiger partial charge in [-0.1, -0.05) is 48.0 Å². The van der Waals surface area contributed by atoms with Crippen LogP contribution >= 0.6 is 11.6 Å². The van der Waals surface area contributed by atoms with Crippen molar-refractivity contribution in [2.24, 2.45) is 0 Å². The van der Waals surface area contributed by atoms with E-state index in [1.54, 1.807) is 0 Å². The maximum Gasteiger partial charge on any atom is 0.0455 e. The van der Waals surface area contributed by atoms with Crippen molar-refractivity contribution in [3.05, 3.63) is 64.7 Å². The van der Waals surface area contributed by atoms with E-state index in [0.29, 0.717) is 0 Å². The SMILES string of the molecule is Cc1c(Cl)cccc1NCCNCCc1ccccc1. The van der Waals surface area contributed by atoms with Crippen LogP contribution < -0.4 is 10.6 Å². The van der Waals surface area contributed by atoms with E-state index >= 15 is 0 Å². The van der Waals surface area contributed by atoms with Gasteiger partial charge in [-0.2, -0.15) is 0 Å². The largest absolute Gasteiger partial charge is 0.384 e. The fourth-order valence-corrected chi connectivity index (χ4v) is 2.26. The normalized spacial score (nSPS) is 10.5. The summed E-state index contributed by atoms with van der Waals surface area (Å²) in [6, 6.07) is 16.5. The molecule has 2 nitrogen and oxygen atoms in total. The first-order valence-corrected chi connectivity index (χ1v) is 7.39. The molecule has 0 atom stereocenters. The molecule has 0 aliphatic rings. The lowest BCUT2D eigenvalue weighted by atomic mass is 10.1. The molecule has 0 aliphatic heterocycles. The number of nitrogens with one attached hydrogen (secondary N) is 2. The van der Waals surface area contributed by atoms with Gasteiger partial charge in [-0.15, -0.1) is 0 Å². The summed E-state index contributed by atoms with van der Waals surface area (Å²) >= 11 is 6.09. The summed E-state index contributed by atoms with van der Waals surface area (Å²) in [6.07, 6.45) is 1.07. The molecule has 20 heavy (non-hydrogen) atoms. The summed E-state index contributed by atoms with van der Waals surface area (Å²) in [5.74, 6) is 0. The highest BCUT2D eigenvalue weighted by atomic mass is 35.5. The van der Waals surface area contributed by atoms with Gasteiger partial charge in [0.2, 0.25) is 0 Å². The minimum atomic E-state index is 0.812. The Morgan fingerprint density at radius 2 is 1.70 bits per heavy atom. The summed E-state index contributed by atoms with van der Waals surface area (Å²) in [6.45, 7) is 4.88. The first-order valence-electron chi connectivity index (χ1n) is 7.01. The zero-order valence-corrected chi connectivity index (χ0v) is 12.6. The standard InChI is InChI=1S/C17H21ClN2/c1-14-16(18)8-5-9-17(14)20-13-12-19-11-10-15-6-3-2-4-7-15/h2-9,19-20H,10-13H2,1H3. The second-order valence-corrected chi connectivity index (χ2v) is 5.23. The highest BCUT2D eigenvalue weighted by molar-refractivity contribution is 6.31. The van der Waals surface area contributed by atoms with Crippen molar-refractivity contribution in [2.75, 3.05) is 25.0 Å². The Kier molecular flexibility index (Phi) is 5.90. The van der Waals surface area contributed by atoms with Gasteiger partial charge in [0.05, 0.1) is 0 Å². The van der Waals surface area contributed by atoms with Gasteiger partial charge in [0.25, 0.3) is 0 Å². The monoisotopic (exact) mass is 288 g/mol. The predicted octanol–water partition coefficient (Wildman–Crippen LogP) is 3.89. The fraction of sp³-hybridized carbons (Fsp3) is 0.294. The summed E-state index contributed by atoms with van der Waals surface area (Å²) in [5.41, 5.74) is 3.60. The molecule has 2 rings (SSSR count). The van der Waals surface area contributed by atoms with Gasteiger partial charge in [0, 0.05) is 23.8 Å². The minimum absolute atomic E-state index is 0.812. The van der Waals surface area contributed by atoms with Crippen LogP contribution in [0.4, 0.5) is 5.69 Å². The Balaban J connectivity index is 1.63. The second kappa shape index (κ2) is 7.93. The van der Waals surface area contributed by atoms with Gasteiger partial charge < -0.3 is 10.6 Å². The summed E-state index contributed by atoms with van der Waals surface area (Å²) in [4.78, 5) is 0. The Labute approximate surface area is 126 Å². The summed E-state index contributed by atoms with van der Waals surface area (Å²) < 4.78 is 0. The molecule has 0 unspecified atom stereocenters. The molecular formula is C17H21ClN2. The zero-order valence-electron chi connectivity index (χ0n) is 11.8. The van der Waals surface area contributed by atoms with Crippen LogP contribution in [0.15, 0.2) is 48.5 Å². The second-order valence-electron chi connectivity index (χ2n) is 4.82. The third-order valence-corrected chi connectivity index (χ3v) is 3.73. The number of hydrogen-bond acceptors (Lipinski definition) is 2. The van der Waals surface area contributed by atoms with E-state index in [1.807, 2.05) is 25.1 Å². The van der Waals surface area contributed by atoms with Gasteiger partial charge in [-0.3, -0.25) is 0 Å². The van der Waals surface area contributed by atoms with Crippen molar-refractivity contribution < 1.29 is 0 Å². The van der Waals surface area contributed by atoms with Crippen molar-refractivity contribution in [1.29, 1.82) is 0 Å². The molecule has 0 spiro atoms. The number of hydrogen-bond donors (Lipinski definition) is 2. The zero-order chi connectivity index (χ0) is 14.2. The fourth-order valence-electron chi connectivity index (χ4n) is 2.09. The highest BCUT2D eigenvalue weighted by Crippen LogP contribution is 2.22. The molecule has 2 aromatic rings. The molecule has 0 saturated carbocycles. The van der Waals surface area contributed by atoms with Crippen LogP contribution in [0.3, 0.4) is 0 Å². The topological polar surface area (TPSA) is 24.1 Å². The molecule has 0 heterocycles. The van der Waals surface area contributed by atoms with E-state index in [9.17, 15) is 0 Å². The lowest BCUT2D eigenvalue weighted by Crippen LogP contribution is -2.24. The lowest BCUT2D eigenvalue weighted by molar-refractivity contribution is 0.699. The van der Waals surface area contributed by atoms with Crippen LogP contribution in [0.1, 0.15) is 11.1 Å². The average molecular weight is 289 g/mol. The van der Waals surface area contributed by atoms with Crippen LogP contribution in [0.25, 0.3) is 0 Å². The molecule has 0 radical (unpaired) electrons. The van der Waals surface area contributed by atoms with Gasteiger partial charge in [0.1, 0.15) is 0 Å². The van der Waals surface area contributed by atoms with E-state index in [2.05, 4.69) is 41.0 Å². The average Bonchev–Trinajstić information content (AvgIpc) is 2.48. The van der Waals surface area contributed by atoms with Crippen LogP contribution in [-0.2, 0) is 6.42 Å². The third kappa shape index (κ3) is 4.55. The summed E-state index contributed by atoms with van der Waals surface area (Å²) in [7, 11) is 0. The van der Waals surface area contributed by atoms with Gasteiger partial charge in [0.15, 0.2) is 0 Å². The number of rotatable bonds is 7. The number of benzene rings is 2. The highest BCUT2D eigenvalue weighted by Gasteiger charge is 2.00. The Bertz CT molecular complexity index is 526. The van der Waals surface area contributed by atoms with Crippen LogP contribution in [-0.4, -0.2) is 19.6 Å². The Hall–Kier alpha value is -1.51. The predicted molar refractivity (Wildman–Crippen MR) is 87.7 cm³/mol. The first kappa shape index (κ1) is 14.9. The molecule has 0 fully saturated rings. The number of halogens is 1. The maximum atomic E-state index is 6.09.